The molecule has 146 valence electrons. The van der Waals surface area contributed by atoms with Crippen molar-refractivity contribution in [3.8, 4) is 0 Å². The number of likely N-dealkylation sites (tertiary alicyclic amines) is 1. The lowest BCUT2D eigenvalue weighted by Crippen LogP contribution is -2.48. The standard InChI is InChI=1S/C16H25N3O6S/c1-9(2)16(15(21)22)6-7-19(8-16)14(20)11(4)18-26(23,24)13-10(3)17-25-12(13)5/h9,11,18H,6-8H2,1-5H3,(H,21,22). The average Bonchev–Trinajstić information content (AvgIpc) is 3.11. The van der Waals surface area contributed by atoms with Gasteiger partial charge in [-0.3, -0.25) is 9.59 Å². The van der Waals surface area contributed by atoms with E-state index in [0.717, 1.165) is 0 Å². The van der Waals surface area contributed by atoms with Crippen molar-refractivity contribution in [2.75, 3.05) is 13.1 Å². The van der Waals surface area contributed by atoms with Crippen molar-refractivity contribution in [1.29, 1.82) is 0 Å². The van der Waals surface area contributed by atoms with Crippen LogP contribution < -0.4 is 4.72 Å². The molecule has 10 heteroatoms. The summed E-state index contributed by atoms with van der Waals surface area (Å²) >= 11 is 0. The Labute approximate surface area is 152 Å². The van der Waals surface area contributed by atoms with Gasteiger partial charge in [0.25, 0.3) is 0 Å². The van der Waals surface area contributed by atoms with Crippen LogP contribution in [0.5, 0.6) is 0 Å². The fourth-order valence-corrected chi connectivity index (χ4v) is 4.91. The Kier molecular flexibility index (Phi) is 5.48. The molecule has 26 heavy (non-hydrogen) atoms. The first-order valence-electron chi connectivity index (χ1n) is 8.39. The Morgan fingerprint density at radius 3 is 2.35 bits per heavy atom. The first-order chi connectivity index (χ1) is 11.9. The van der Waals surface area contributed by atoms with E-state index in [1.165, 1.54) is 25.7 Å². The minimum Gasteiger partial charge on any atom is -0.481 e. The second kappa shape index (κ2) is 6.99. The number of carboxylic acid groups (broad SMARTS) is 1. The fourth-order valence-electron chi connectivity index (χ4n) is 3.39. The molecule has 1 saturated heterocycles. The number of sulfonamides is 1. The van der Waals surface area contributed by atoms with Gasteiger partial charge in [0.2, 0.25) is 15.9 Å². The van der Waals surface area contributed by atoms with Crippen LogP contribution in [0.1, 0.15) is 38.6 Å². The number of hydrogen-bond donors (Lipinski definition) is 2. The summed E-state index contributed by atoms with van der Waals surface area (Å²) in [5.74, 6) is -1.40. The normalized spacial score (nSPS) is 22.0. The van der Waals surface area contributed by atoms with E-state index in [0.29, 0.717) is 6.42 Å². The molecular formula is C16H25N3O6S. The number of carbonyl (C=O) groups excluding carboxylic acids is 1. The number of amides is 1. The van der Waals surface area contributed by atoms with Crippen molar-refractivity contribution in [2.24, 2.45) is 11.3 Å². The number of nitrogens with one attached hydrogen (secondary N) is 1. The molecular weight excluding hydrogens is 362 g/mol. The van der Waals surface area contributed by atoms with Gasteiger partial charge in [-0.15, -0.1) is 0 Å². The Bertz CT molecular complexity index is 796. The predicted molar refractivity (Wildman–Crippen MR) is 91.9 cm³/mol. The Morgan fingerprint density at radius 1 is 1.31 bits per heavy atom. The third-order valence-corrected chi connectivity index (χ3v) is 6.87. The van der Waals surface area contributed by atoms with Gasteiger partial charge in [-0.05, 0) is 33.1 Å². The molecule has 2 N–H and O–H groups in total. The highest BCUT2D eigenvalue weighted by atomic mass is 32.2. The second-order valence-corrected chi connectivity index (χ2v) is 8.77. The maximum atomic E-state index is 12.7. The highest BCUT2D eigenvalue weighted by Crippen LogP contribution is 2.38. The van der Waals surface area contributed by atoms with Gasteiger partial charge in [0.05, 0.1) is 11.5 Å². The topological polar surface area (TPSA) is 130 Å². The molecule has 1 aromatic rings. The van der Waals surface area contributed by atoms with Gasteiger partial charge in [0.15, 0.2) is 5.76 Å². The van der Waals surface area contributed by atoms with E-state index in [2.05, 4.69) is 9.88 Å². The average molecular weight is 387 g/mol. The van der Waals surface area contributed by atoms with Crippen molar-refractivity contribution in [3.63, 3.8) is 0 Å². The Balaban J connectivity index is 2.15. The number of nitrogens with zero attached hydrogens (tertiary/aromatic N) is 2. The van der Waals surface area contributed by atoms with Gasteiger partial charge in [0, 0.05) is 13.1 Å². The van der Waals surface area contributed by atoms with E-state index < -0.39 is 33.4 Å². The molecule has 0 bridgehead atoms. The van der Waals surface area contributed by atoms with Gasteiger partial charge in [-0.1, -0.05) is 19.0 Å². The second-order valence-electron chi connectivity index (χ2n) is 7.12. The van der Waals surface area contributed by atoms with Crippen LogP contribution in [-0.4, -0.2) is 54.6 Å². The van der Waals surface area contributed by atoms with Crippen LogP contribution in [-0.2, 0) is 19.6 Å². The maximum Gasteiger partial charge on any atom is 0.311 e. The summed E-state index contributed by atoms with van der Waals surface area (Å²) in [4.78, 5) is 25.7. The van der Waals surface area contributed by atoms with E-state index in [1.54, 1.807) is 0 Å². The number of aryl methyl sites for hydroxylation is 2. The molecule has 1 aliphatic rings. The van der Waals surface area contributed by atoms with Crippen LogP contribution in [0, 0.1) is 25.2 Å². The van der Waals surface area contributed by atoms with Crippen molar-refractivity contribution >= 4 is 21.9 Å². The first kappa shape index (κ1) is 20.4. The van der Waals surface area contributed by atoms with Crippen LogP contribution >= 0.6 is 0 Å². The largest absolute Gasteiger partial charge is 0.481 e. The molecule has 0 saturated carbocycles. The molecule has 0 spiro atoms. The molecule has 0 aliphatic carbocycles. The third-order valence-electron chi connectivity index (χ3n) is 5.08. The summed E-state index contributed by atoms with van der Waals surface area (Å²) in [5.41, 5.74) is -0.795. The van der Waals surface area contributed by atoms with Crippen molar-refractivity contribution in [3.05, 3.63) is 11.5 Å². The molecule has 2 unspecified atom stereocenters. The number of aliphatic carboxylic acids is 1. The molecule has 1 aliphatic heterocycles. The van der Waals surface area contributed by atoms with E-state index in [-0.39, 0.29) is 35.4 Å². The fraction of sp³-hybridized carbons (Fsp3) is 0.688. The van der Waals surface area contributed by atoms with Crippen LogP contribution in [0.25, 0.3) is 0 Å². The molecule has 1 aromatic heterocycles. The van der Waals surface area contributed by atoms with Gasteiger partial charge in [-0.2, -0.15) is 4.72 Å². The maximum absolute atomic E-state index is 12.7. The predicted octanol–water partition coefficient (Wildman–Crippen LogP) is 0.918. The summed E-state index contributed by atoms with van der Waals surface area (Å²) in [7, 11) is -3.98. The van der Waals surface area contributed by atoms with Crippen LogP contribution in [0.2, 0.25) is 0 Å². The third kappa shape index (κ3) is 3.48. The SMILES string of the molecule is Cc1noc(C)c1S(=O)(=O)NC(C)C(=O)N1CCC(C(=O)O)(C(C)C)C1. The molecule has 1 fully saturated rings. The van der Waals surface area contributed by atoms with E-state index in [4.69, 9.17) is 4.52 Å². The summed E-state index contributed by atoms with van der Waals surface area (Å²) in [6.45, 7) is 8.38. The Morgan fingerprint density at radius 2 is 1.92 bits per heavy atom. The zero-order valence-corrected chi connectivity index (χ0v) is 16.4. The number of rotatable bonds is 6. The highest BCUT2D eigenvalue weighted by molar-refractivity contribution is 7.89. The minimum absolute atomic E-state index is 0.0657. The van der Waals surface area contributed by atoms with E-state index in [9.17, 15) is 23.1 Å². The quantitative estimate of drug-likeness (QED) is 0.742. The number of hydrogen-bond acceptors (Lipinski definition) is 6. The van der Waals surface area contributed by atoms with Crippen molar-refractivity contribution in [1.82, 2.24) is 14.8 Å². The van der Waals surface area contributed by atoms with Gasteiger partial charge in [0.1, 0.15) is 10.6 Å². The zero-order valence-electron chi connectivity index (χ0n) is 15.6. The first-order valence-corrected chi connectivity index (χ1v) is 9.88. The summed E-state index contributed by atoms with van der Waals surface area (Å²) in [5, 5.41) is 13.2. The molecule has 1 amide bonds. The molecule has 0 aromatic carbocycles. The lowest BCUT2D eigenvalue weighted by Gasteiger charge is -2.29. The van der Waals surface area contributed by atoms with Gasteiger partial charge in [-0.25, -0.2) is 8.42 Å². The minimum atomic E-state index is -3.98. The zero-order chi connectivity index (χ0) is 19.9. The van der Waals surface area contributed by atoms with Crippen LogP contribution in [0.4, 0.5) is 0 Å². The monoisotopic (exact) mass is 387 g/mol. The molecule has 0 radical (unpaired) electrons. The molecule has 9 nitrogen and oxygen atoms in total. The van der Waals surface area contributed by atoms with Crippen molar-refractivity contribution < 1.29 is 27.6 Å². The number of aromatic nitrogens is 1. The lowest BCUT2D eigenvalue weighted by atomic mass is 9.76. The van der Waals surface area contributed by atoms with Gasteiger partial charge < -0.3 is 14.5 Å². The smallest absolute Gasteiger partial charge is 0.311 e. The van der Waals surface area contributed by atoms with Crippen LogP contribution in [0.3, 0.4) is 0 Å². The highest BCUT2D eigenvalue weighted by Gasteiger charge is 2.49. The number of carbonyl (C=O) groups is 2. The van der Waals surface area contributed by atoms with Crippen molar-refractivity contribution in [2.45, 2.75) is 52.0 Å². The summed E-state index contributed by atoms with van der Waals surface area (Å²) in [6.07, 6.45) is 0.342. The van der Waals surface area contributed by atoms with Crippen LogP contribution in [0.15, 0.2) is 9.42 Å². The number of carboxylic acids is 1. The van der Waals surface area contributed by atoms with Gasteiger partial charge >= 0.3 is 5.97 Å². The van der Waals surface area contributed by atoms with E-state index >= 15 is 0 Å². The summed E-state index contributed by atoms with van der Waals surface area (Å²) in [6, 6.07) is -1.04. The summed E-state index contributed by atoms with van der Waals surface area (Å²) < 4.78 is 32.3. The molecule has 2 atom stereocenters. The van der Waals surface area contributed by atoms with E-state index in [1.807, 2.05) is 13.8 Å². The molecule has 2 heterocycles. The lowest BCUT2D eigenvalue weighted by molar-refractivity contribution is -0.151. The molecule has 2 rings (SSSR count). The Hall–Kier alpha value is -1.94.